The zero-order valence-corrected chi connectivity index (χ0v) is 58.1. The van der Waals surface area contributed by atoms with Gasteiger partial charge in [-0.15, -0.1) is 0 Å². The predicted octanol–water partition coefficient (Wildman–Crippen LogP) is 23.6. The van der Waals surface area contributed by atoms with E-state index in [4.69, 9.17) is 44.9 Å². The molecule has 20 aromatic rings. The van der Waals surface area contributed by atoms with Crippen molar-refractivity contribution in [3.05, 3.63) is 370 Å². The van der Waals surface area contributed by atoms with E-state index in [2.05, 4.69) is 247 Å². The topological polar surface area (TPSA) is 142 Å². The van der Waals surface area contributed by atoms with Gasteiger partial charge in [0, 0.05) is 100 Å². The standard InChI is InChI=1S/C49H31N5.C48H30N6/c1-3-9-32(10-4-1)46-31-47(54-49(53-46)37-11-5-2-6-12-37)34-18-16-33(17-19-34)42-26-24-40-29-38(23-25-43(40)51-42)39-21-20-35-22-27-44(52-45(35)30-39)41-15-7-13-36-14-8-28-50-48(36)41;1-3-9-34(10-4-1)46-52-47(35-11-5-2-6-12-35)54-48(53-46)36-19-16-31(17-20-36)41-26-24-39-29-37(23-25-42(39)50-41)38-21-18-32-22-27-43(51-44(32)30-38)40-15-7-13-33-14-8-28-49-45(33)40/h1-31H;1-30H. The van der Waals surface area contributed by atoms with Crippen LogP contribution >= 0.6 is 0 Å². The minimum absolute atomic E-state index is 0.624. The van der Waals surface area contributed by atoms with E-state index in [0.717, 1.165) is 177 Å². The molecule has 0 fully saturated rings. The molecule has 0 aliphatic rings. The van der Waals surface area contributed by atoms with Gasteiger partial charge in [0.1, 0.15) is 0 Å². The first-order valence-electron chi connectivity index (χ1n) is 35.8. The SMILES string of the molecule is c1ccc(-c2cc(-c3ccc(-c4ccc5cc(-c6ccc7ccc(-c8cccc9cccnc89)nc7c6)ccc5n4)cc3)nc(-c3ccccc3)n2)cc1.c1ccc(-c2nc(-c3ccccc3)nc(-c3ccc(-c4ccc5cc(-c6ccc7ccc(-c8cccc9cccnc89)nc7c6)ccc5n4)cc3)n2)cc1. The minimum atomic E-state index is 0.624. The molecule has 504 valence electrons. The van der Waals surface area contributed by atoms with Crippen LogP contribution in [0.25, 0.3) is 201 Å². The second kappa shape index (κ2) is 28.1. The highest BCUT2D eigenvalue weighted by molar-refractivity contribution is 5.98. The number of rotatable bonds is 12. The van der Waals surface area contributed by atoms with E-state index in [9.17, 15) is 0 Å². The van der Waals surface area contributed by atoms with Crippen LogP contribution in [-0.4, -0.2) is 54.8 Å². The summed E-state index contributed by atoms with van der Waals surface area (Å²) in [4.78, 5) is 54.1. The van der Waals surface area contributed by atoms with Crippen LogP contribution < -0.4 is 0 Å². The van der Waals surface area contributed by atoms with Crippen LogP contribution in [0.15, 0.2) is 370 Å². The van der Waals surface area contributed by atoms with Gasteiger partial charge in [-0.05, 0) is 101 Å². The van der Waals surface area contributed by atoms with Crippen molar-refractivity contribution >= 4 is 65.4 Å². The fourth-order valence-electron chi connectivity index (χ4n) is 14.1. The summed E-state index contributed by atoms with van der Waals surface area (Å²) in [5.41, 5.74) is 25.5. The maximum Gasteiger partial charge on any atom is 0.164 e. The number of aromatic nitrogens is 11. The minimum Gasteiger partial charge on any atom is -0.256 e. The molecule has 11 nitrogen and oxygen atoms in total. The zero-order chi connectivity index (χ0) is 71.7. The lowest BCUT2D eigenvalue weighted by atomic mass is 10.00. The molecule has 11 heteroatoms. The van der Waals surface area contributed by atoms with Crippen LogP contribution in [0, 0.1) is 0 Å². The molecule has 0 aliphatic carbocycles. The molecule has 0 amide bonds. The van der Waals surface area contributed by atoms with Crippen LogP contribution in [0.5, 0.6) is 0 Å². The fourth-order valence-corrected chi connectivity index (χ4v) is 14.1. The summed E-state index contributed by atoms with van der Waals surface area (Å²) in [7, 11) is 0. The first-order chi connectivity index (χ1) is 53.4. The largest absolute Gasteiger partial charge is 0.256 e. The molecule has 0 bridgehead atoms. The highest BCUT2D eigenvalue weighted by Gasteiger charge is 2.17. The smallest absolute Gasteiger partial charge is 0.164 e. The van der Waals surface area contributed by atoms with Crippen molar-refractivity contribution in [1.82, 2.24) is 54.8 Å². The summed E-state index contributed by atoms with van der Waals surface area (Å²) in [6.45, 7) is 0. The first kappa shape index (κ1) is 64.1. The van der Waals surface area contributed by atoms with Crippen LogP contribution in [0.1, 0.15) is 0 Å². The number of para-hydroxylation sites is 2. The van der Waals surface area contributed by atoms with Gasteiger partial charge >= 0.3 is 0 Å². The number of nitrogens with zero attached hydrogens (tertiary/aromatic N) is 11. The Labute approximate surface area is 622 Å². The van der Waals surface area contributed by atoms with Crippen molar-refractivity contribution in [2.75, 3.05) is 0 Å². The molecule has 0 saturated heterocycles. The van der Waals surface area contributed by atoms with Crippen molar-refractivity contribution < 1.29 is 0 Å². The lowest BCUT2D eigenvalue weighted by Crippen LogP contribution is -2.00. The van der Waals surface area contributed by atoms with Crippen LogP contribution in [0.3, 0.4) is 0 Å². The van der Waals surface area contributed by atoms with Crippen LogP contribution in [0.2, 0.25) is 0 Å². The highest BCUT2D eigenvalue weighted by Crippen LogP contribution is 2.37. The Balaban J connectivity index is 0.000000147. The first-order valence-corrected chi connectivity index (χ1v) is 35.8. The molecule has 0 saturated carbocycles. The zero-order valence-electron chi connectivity index (χ0n) is 58.1. The van der Waals surface area contributed by atoms with Gasteiger partial charge in [0.15, 0.2) is 23.3 Å². The van der Waals surface area contributed by atoms with Gasteiger partial charge in [-0.1, -0.05) is 279 Å². The fraction of sp³-hybridized carbons (Fsp3) is 0. The molecule has 108 heavy (non-hydrogen) atoms. The Morgan fingerprint density at radius 2 is 0.454 bits per heavy atom. The molecule has 0 radical (unpaired) electrons. The van der Waals surface area contributed by atoms with Crippen molar-refractivity contribution in [1.29, 1.82) is 0 Å². The molecule has 0 N–H and O–H groups in total. The average molecular weight is 1380 g/mol. The van der Waals surface area contributed by atoms with Crippen molar-refractivity contribution in [3.63, 3.8) is 0 Å². The molecular weight excluding hydrogens is 1320 g/mol. The van der Waals surface area contributed by atoms with Gasteiger partial charge in [0.2, 0.25) is 0 Å². The van der Waals surface area contributed by atoms with Gasteiger partial charge < -0.3 is 0 Å². The lowest BCUT2D eigenvalue weighted by Gasteiger charge is -2.10. The van der Waals surface area contributed by atoms with Crippen LogP contribution in [0.4, 0.5) is 0 Å². The van der Waals surface area contributed by atoms with Crippen molar-refractivity contribution in [3.8, 4) is 135 Å². The van der Waals surface area contributed by atoms with Gasteiger partial charge in [-0.3, -0.25) is 9.97 Å². The molecule has 0 spiro atoms. The quantitative estimate of drug-likeness (QED) is 0.115. The summed E-state index contributed by atoms with van der Waals surface area (Å²) in [5, 5.41) is 6.56. The summed E-state index contributed by atoms with van der Waals surface area (Å²) in [6.07, 6.45) is 3.67. The molecule has 0 aliphatic heterocycles. The van der Waals surface area contributed by atoms with E-state index < -0.39 is 0 Å². The predicted molar refractivity (Wildman–Crippen MR) is 439 cm³/mol. The molecule has 8 heterocycles. The van der Waals surface area contributed by atoms with E-state index in [1.54, 1.807) is 0 Å². The second-order valence-electron chi connectivity index (χ2n) is 26.6. The monoisotopic (exact) mass is 1380 g/mol. The van der Waals surface area contributed by atoms with Crippen molar-refractivity contribution in [2.45, 2.75) is 0 Å². The molecule has 0 unspecified atom stereocenters. The van der Waals surface area contributed by atoms with E-state index in [1.807, 2.05) is 134 Å². The average Bonchev–Trinajstić information content (AvgIpc) is 0.785. The van der Waals surface area contributed by atoms with E-state index >= 15 is 0 Å². The number of benzene rings is 12. The van der Waals surface area contributed by atoms with E-state index in [1.165, 1.54) is 0 Å². The van der Waals surface area contributed by atoms with Gasteiger partial charge in [-0.2, -0.15) is 0 Å². The van der Waals surface area contributed by atoms with Crippen LogP contribution in [-0.2, 0) is 0 Å². The maximum atomic E-state index is 5.09. The second-order valence-corrected chi connectivity index (χ2v) is 26.6. The molecule has 8 aromatic heterocycles. The van der Waals surface area contributed by atoms with E-state index in [-0.39, 0.29) is 0 Å². The number of hydrogen-bond acceptors (Lipinski definition) is 11. The number of fused-ring (bicyclic) bond motifs is 6. The Kier molecular flexibility index (Phi) is 16.7. The highest BCUT2D eigenvalue weighted by atomic mass is 15.0. The Bertz CT molecular complexity index is 6250. The number of hydrogen-bond donors (Lipinski definition) is 0. The molecule has 12 aromatic carbocycles. The molecule has 20 rings (SSSR count). The summed E-state index contributed by atoms with van der Waals surface area (Å²) in [6, 6.07) is 123. The lowest BCUT2D eigenvalue weighted by molar-refractivity contribution is 1.07. The third kappa shape index (κ3) is 13.0. The third-order valence-electron chi connectivity index (χ3n) is 19.7. The summed E-state index contributed by atoms with van der Waals surface area (Å²) < 4.78 is 0. The molecular formula is C97H61N11. The van der Waals surface area contributed by atoms with E-state index in [0.29, 0.717) is 23.3 Å². The van der Waals surface area contributed by atoms with Crippen molar-refractivity contribution in [2.24, 2.45) is 0 Å². The normalized spacial score (nSPS) is 11.3. The van der Waals surface area contributed by atoms with Gasteiger partial charge in [-0.25, -0.2) is 44.9 Å². The van der Waals surface area contributed by atoms with Gasteiger partial charge in [0.25, 0.3) is 0 Å². The summed E-state index contributed by atoms with van der Waals surface area (Å²) in [5.74, 6) is 2.61. The third-order valence-corrected chi connectivity index (χ3v) is 19.7. The summed E-state index contributed by atoms with van der Waals surface area (Å²) >= 11 is 0. The Morgan fingerprint density at radius 1 is 0.148 bits per heavy atom. The Hall–Kier alpha value is -14.8. The molecule has 0 atom stereocenters. The van der Waals surface area contributed by atoms with Gasteiger partial charge in [0.05, 0.1) is 67.3 Å². The Morgan fingerprint density at radius 3 is 0.889 bits per heavy atom. The maximum absolute atomic E-state index is 5.09. The number of pyridine rings is 6.